The van der Waals surface area contributed by atoms with Crippen molar-refractivity contribution in [1.29, 1.82) is 0 Å². The van der Waals surface area contributed by atoms with Crippen LogP contribution in [0.4, 0.5) is 4.79 Å². The lowest BCUT2D eigenvalue weighted by molar-refractivity contribution is 0.0750. The summed E-state index contributed by atoms with van der Waals surface area (Å²) in [5.41, 5.74) is 0. The van der Waals surface area contributed by atoms with Crippen LogP contribution in [0.1, 0.15) is 30.6 Å². The topological polar surface area (TPSA) is 38.8 Å². The van der Waals surface area contributed by atoms with Gasteiger partial charge in [-0.25, -0.2) is 4.79 Å². The van der Waals surface area contributed by atoms with Gasteiger partial charge in [0, 0.05) is 35.1 Å². The Morgan fingerprint density at radius 3 is 2.79 bits per heavy atom. The SMILES string of the molecule is O=C(N[C@H]1CN2CCC1CC2)N1C=c2cc(C#CCN3CCCC3)sc2=CC1. The highest BCUT2D eigenvalue weighted by Gasteiger charge is 2.35. The molecule has 0 unspecified atom stereocenters. The lowest BCUT2D eigenvalue weighted by Gasteiger charge is -2.45. The number of nitrogens with one attached hydrogen (secondary N) is 1. The second kappa shape index (κ2) is 7.90. The number of rotatable bonds is 2. The first-order chi connectivity index (χ1) is 13.7. The molecule has 1 aromatic rings. The van der Waals surface area contributed by atoms with Crippen molar-refractivity contribution in [2.75, 3.05) is 45.8 Å². The summed E-state index contributed by atoms with van der Waals surface area (Å²) in [5.74, 6) is 7.29. The normalized spacial score (nSPS) is 28.7. The van der Waals surface area contributed by atoms with Gasteiger partial charge in [-0.2, -0.15) is 0 Å². The van der Waals surface area contributed by atoms with Gasteiger partial charge in [0.2, 0.25) is 0 Å². The quantitative estimate of drug-likeness (QED) is 0.753. The Balaban J connectivity index is 1.24. The second-order valence-electron chi connectivity index (χ2n) is 8.39. The van der Waals surface area contributed by atoms with Crippen LogP contribution in [0.3, 0.4) is 0 Å². The zero-order chi connectivity index (χ0) is 18.9. The molecule has 6 heteroatoms. The van der Waals surface area contributed by atoms with E-state index in [1.165, 1.54) is 56.4 Å². The standard InChI is InChI=1S/C22H28N4OS/c27-22(23-20-16-25-11-5-17(20)6-12-25)26-13-7-21-18(15-26)14-19(28-21)4-3-10-24-8-1-2-9-24/h7,14-15,17,20H,1-2,5-6,8-13,16H2,(H,23,27)/t20-/m0/s1. The average Bonchev–Trinajstić information content (AvgIpc) is 3.37. The Morgan fingerprint density at radius 1 is 1.21 bits per heavy atom. The van der Waals surface area contributed by atoms with E-state index >= 15 is 0 Å². The van der Waals surface area contributed by atoms with Gasteiger partial charge in [0.1, 0.15) is 0 Å². The van der Waals surface area contributed by atoms with Crippen molar-refractivity contribution in [3.05, 3.63) is 20.7 Å². The van der Waals surface area contributed by atoms with Crippen molar-refractivity contribution in [2.24, 2.45) is 5.92 Å². The molecule has 1 aromatic heterocycles. The number of carbonyl (C=O) groups is 1. The van der Waals surface area contributed by atoms with Crippen LogP contribution in [0.2, 0.25) is 0 Å². The molecule has 4 saturated heterocycles. The predicted octanol–water partition coefficient (Wildman–Crippen LogP) is 0.833. The molecule has 2 bridgehead atoms. The summed E-state index contributed by atoms with van der Waals surface area (Å²) < 4.78 is 1.23. The molecule has 1 N–H and O–H groups in total. The van der Waals surface area contributed by atoms with E-state index in [1.54, 1.807) is 11.3 Å². The van der Waals surface area contributed by atoms with Gasteiger partial charge < -0.3 is 10.2 Å². The third kappa shape index (κ3) is 3.84. The van der Waals surface area contributed by atoms with E-state index in [2.05, 4.69) is 39.1 Å². The number of urea groups is 1. The number of nitrogens with zero attached hydrogens (tertiary/aromatic N) is 3. The summed E-state index contributed by atoms with van der Waals surface area (Å²) in [6, 6.07) is 2.47. The Hall–Kier alpha value is -1.81. The average molecular weight is 397 g/mol. The van der Waals surface area contributed by atoms with Crippen LogP contribution >= 0.6 is 11.3 Å². The molecule has 5 aliphatic rings. The van der Waals surface area contributed by atoms with Gasteiger partial charge in [0.15, 0.2) is 0 Å². The van der Waals surface area contributed by atoms with Gasteiger partial charge in [-0.15, -0.1) is 11.3 Å². The van der Waals surface area contributed by atoms with Crippen LogP contribution in [0.5, 0.6) is 0 Å². The third-order valence-electron chi connectivity index (χ3n) is 6.50. The fourth-order valence-corrected chi connectivity index (χ4v) is 5.77. The van der Waals surface area contributed by atoms with Crippen LogP contribution < -0.4 is 15.1 Å². The van der Waals surface area contributed by atoms with Crippen LogP contribution in [0.15, 0.2) is 6.07 Å². The van der Waals surface area contributed by atoms with Crippen molar-refractivity contribution < 1.29 is 4.79 Å². The summed E-state index contributed by atoms with van der Waals surface area (Å²) in [6.45, 7) is 7.27. The van der Waals surface area contributed by atoms with Gasteiger partial charge in [0.05, 0.1) is 11.4 Å². The van der Waals surface area contributed by atoms with Crippen LogP contribution in [0, 0.1) is 17.8 Å². The lowest BCUT2D eigenvalue weighted by atomic mass is 9.84. The van der Waals surface area contributed by atoms with Crippen molar-refractivity contribution >= 4 is 29.6 Å². The number of likely N-dealkylation sites (tertiary alicyclic amines) is 1. The molecule has 0 aromatic carbocycles. The largest absolute Gasteiger partial charge is 0.333 e. The molecular weight excluding hydrogens is 368 g/mol. The molecule has 6 heterocycles. The minimum absolute atomic E-state index is 0.0357. The number of fused-ring (bicyclic) bond motifs is 4. The van der Waals surface area contributed by atoms with Crippen LogP contribution in [0.25, 0.3) is 12.3 Å². The number of hydrogen-bond acceptors (Lipinski definition) is 4. The number of carbonyl (C=O) groups excluding carboxylic acids is 1. The van der Waals surface area contributed by atoms with Crippen LogP contribution in [-0.4, -0.2) is 72.6 Å². The summed E-state index contributed by atoms with van der Waals surface area (Å²) >= 11 is 1.73. The maximum Gasteiger partial charge on any atom is 0.321 e. The molecular formula is C22H28N4OS. The Morgan fingerprint density at radius 2 is 2.04 bits per heavy atom. The summed E-state index contributed by atoms with van der Waals surface area (Å²) in [7, 11) is 0. The number of piperidine rings is 3. The Labute approximate surface area is 170 Å². The molecule has 0 aliphatic carbocycles. The first-order valence-corrected chi connectivity index (χ1v) is 11.4. The molecule has 148 valence electrons. The van der Waals surface area contributed by atoms with E-state index in [4.69, 9.17) is 0 Å². The first kappa shape index (κ1) is 18.2. The van der Waals surface area contributed by atoms with Crippen molar-refractivity contribution in [2.45, 2.75) is 31.7 Å². The summed E-state index contributed by atoms with van der Waals surface area (Å²) in [5, 5.41) is 4.40. The number of hydrogen-bond donors (Lipinski definition) is 1. The van der Waals surface area contributed by atoms with E-state index < -0.39 is 0 Å². The molecule has 4 fully saturated rings. The predicted molar refractivity (Wildman–Crippen MR) is 113 cm³/mol. The zero-order valence-corrected chi connectivity index (χ0v) is 17.1. The van der Waals surface area contributed by atoms with E-state index in [-0.39, 0.29) is 6.03 Å². The molecule has 5 nitrogen and oxygen atoms in total. The zero-order valence-electron chi connectivity index (χ0n) is 16.3. The number of amides is 2. The van der Waals surface area contributed by atoms with E-state index in [0.29, 0.717) is 18.5 Å². The molecule has 0 saturated carbocycles. The van der Waals surface area contributed by atoms with Gasteiger partial charge in [0.25, 0.3) is 0 Å². The molecule has 28 heavy (non-hydrogen) atoms. The molecule has 2 amide bonds. The fraction of sp³-hybridized carbons (Fsp3) is 0.591. The van der Waals surface area contributed by atoms with Crippen LogP contribution in [-0.2, 0) is 0 Å². The van der Waals surface area contributed by atoms with Crippen molar-refractivity contribution in [3.8, 4) is 11.8 Å². The third-order valence-corrected chi connectivity index (χ3v) is 7.56. The van der Waals surface area contributed by atoms with E-state index in [1.807, 2.05) is 11.1 Å². The van der Waals surface area contributed by atoms with Crippen molar-refractivity contribution in [1.82, 2.24) is 20.0 Å². The molecule has 5 aliphatic heterocycles. The Bertz CT molecular complexity index is 913. The molecule has 6 rings (SSSR count). The summed E-state index contributed by atoms with van der Waals surface area (Å²) in [6.07, 6.45) is 9.19. The van der Waals surface area contributed by atoms with Gasteiger partial charge in [-0.1, -0.05) is 11.8 Å². The van der Waals surface area contributed by atoms with Gasteiger partial charge in [-0.3, -0.25) is 9.80 Å². The van der Waals surface area contributed by atoms with Gasteiger partial charge in [-0.05, 0) is 69.9 Å². The smallest absolute Gasteiger partial charge is 0.321 e. The molecule has 1 atom stereocenters. The minimum atomic E-state index is 0.0357. The highest BCUT2D eigenvalue weighted by atomic mass is 32.1. The fourth-order valence-electron chi connectivity index (χ4n) is 4.83. The second-order valence-corrected chi connectivity index (χ2v) is 9.48. The molecule has 0 radical (unpaired) electrons. The lowest BCUT2D eigenvalue weighted by Crippen LogP contribution is -2.59. The van der Waals surface area contributed by atoms with Gasteiger partial charge >= 0.3 is 6.03 Å². The minimum Gasteiger partial charge on any atom is -0.333 e. The number of thiophene rings is 1. The Kier molecular flexibility index (Phi) is 5.15. The monoisotopic (exact) mass is 396 g/mol. The summed E-state index contributed by atoms with van der Waals surface area (Å²) in [4.78, 5) is 20.6. The molecule has 0 spiro atoms. The van der Waals surface area contributed by atoms with E-state index in [0.717, 1.165) is 23.2 Å². The maximum atomic E-state index is 12.8. The highest BCUT2D eigenvalue weighted by molar-refractivity contribution is 7.10. The van der Waals surface area contributed by atoms with E-state index in [9.17, 15) is 4.79 Å². The maximum absolute atomic E-state index is 12.8. The van der Waals surface area contributed by atoms with Crippen molar-refractivity contribution in [3.63, 3.8) is 0 Å². The highest BCUT2D eigenvalue weighted by Crippen LogP contribution is 2.27. The first-order valence-electron chi connectivity index (χ1n) is 10.6.